The van der Waals surface area contributed by atoms with E-state index in [1.54, 1.807) is 0 Å². The summed E-state index contributed by atoms with van der Waals surface area (Å²) in [5, 5.41) is 0. The molecule has 0 radical (unpaired) electrons. The van der Waals surface area contributed by atoms with Gasteiger partial charge < -0.3 is 9.47 Å². The SMILES string of the molecule is C(c1cccc(C=[N+]2CCOCC2)c1)=[N+]1CCOCC1. The van der Waals surface area contributed by atoms with Crippen molar-refractivity contribution < 1.29 is 18.6 Å². The van der Waals surface area contributed by atoms with E-state index in [2.05, 4.69) is 45.8 Å². The summed E-state index contributed by atoms with van der Waals surface area (Å²) in [6, 6.07) is 8.68. The Labute approximate surface area is 120 Å². The molecule has 4 heteroatoms. The first-order chi connectivity index (χ1) is 9.90. The number of ether oxygens (including phenoxy) is 2. The van der Waals surface area contributed by atoms with Gasteiger partial charge in [0.15, 0.2) is 38.6 Å². The van der Waals surface area contributed by atoms with E-state index in [1.165, 1.54) is 11.1 Å². The Bertz CT molecular complexity index is 464. The van der Waals surface area contributed by atoms with Crippen LogP contribution in [-0.2, 0) is 9.47 Å². The topological polar surface area (TPSA) is 24.5 Å². The highest BCUT2D eigenvalue weighted by atomic mass is 16.5. The smallest absolute Gasteiger partial charge is 0.170 e. The number of nitrogens with zero attached hydrogens (tertiary/aromatic N) is 2. The van der Waals surface area contributed by atoms with E-state index < -0.39 is 0 Å². The Morgan fingerprint density at radius 1 is 0.750 bits per heavy atom. The molecule has 2 aliphatic rings. The lowest BCUT2D eigenvalue weighted by Gasteiger charge is -2.11. The van der Waals surface area contributed by atoms with E-state index >= 15 is 0 Å². The number of hydrogen-bond acceptors (Lipinski definition) is 2. The zero-order valence-electron chi connectivity index (χ0n) is 11.8. The number of morpholine rings is 2. The lowest BCUT2D eigenvalue weighted by molar-refractivity contribution is -0.544. The Morgan fingerprint density at radius 2 is 1.20 bits per heavy atom. The van der Waals surface area contributed by atoms with Gasteiger partial charge in [-0.1, -0.05) is 6.07 Å². The molecule has 0 aromatic heterocycles. The lowest BCUT2D eigenvalue weighted by atomic mass is 10.1. The third-order valence-electron chi connectivity index (χ3n) is 3.67. The minimum atomic E-state index is 0.829. The molecular weight excluding hydrogens is 252 g/mol. The van der Waals surface area contributed by atoms with Crippen molar-refractivity contribution >= 4 is 12.4 Å². The molecule has 4 nitrogen and oxygen atoms in total. The van der Waals surface area contributed by atoms with Crippen molar-refractivity contribution in [1.82, 2.24) is 0 Å². The molecule has 2 saturated heterocycles. The number of rotatable bonds is 2. The number of hydrogen-bond donors (Lipinski definition) is 0. The summed E-state index contributed by atoms with van der Waals surface area (Å²) in [6.45, 7) is 7.25. The van der Waals surface area contributed by atoms with Crippen molar-refractivity contribution in [2.45, 2.75) is 0 Å². The minimum Gasteiger partial charge on any atom is -0.368 e. The average Bonchev–Trinajstić information content (AvgIpc) is 2.50. The molecule has 0 N–H and O–H groups in total. The molecule has 0 unspecified atom stereocenters. The van der Waals surface area contributed by atoms with Gasteiger partial charge in [-0.2, -0.15) is 0 Å². The molecule has 2 heterocycles. The second kappa shape index (κ2) is 6.77. The zero-order valence-corrected chi connectivity index (χ0v) is 11.8. The molecule has 20 heavy (non-hydrogen) atoms. The van der Waals surface area contributed by atoms with E-state index in [9.17, 15) is 0 Å². The van der Waals surface area contributed by atoms with Gasteiger partial charge in [0.05, 0.1) is 0 Å². The highest BCUT2D eigenvalue weighted by molar-refractivity contribution is 5.82. The van der Waals surface area contributed by atoms with Crippen LogP contribution in [-0.4, -0.2) is 74.2 Å². The first-order valence-corrected chi connectivity index (χ1v) is 7.33. The summed E-state index contributed by atoms with van der Waals surface area (Å²) in [5.41, 5.74) is 2.52. The van der Waals surface area contributed by atoms with Gasteiger partial charge in [0.1, 0.15) is 26.4 Å². The summed E-state index contributed by atoms with van der Waals surface area (Å²) in [4.78, 5) is 0. The van der Waals surface area contributed by atoms with Crippen LogP contribution < -0.4 is 0 Å². The fourth-order valence-electron chi connectivity index (χ4n) is 2.55. The normalized spacial score (nSPS) is 19.8. The van der Waals surface area contributed by atoms with Crippen molar-refractivity contribution in [3.63, 3.8) is 0 Å². The first kappa shape index (κ1) is 13.5. The summed E-state index contributed by atoms with van der Waals surface area (Å²) in [7, 11) is 0. The van der Waals surface area contributed by atoms with Gasteiger partial charge in [0.25, 0.3) is 0 Å². The van der Waals surface area contributed by atoms with Gasteiger partial charge in [-0.05, 0) is 18.2 Å². The average molecular weight is 274 g/mol. The molecule has 0 saturated carbocycles. The predicted molar refractivity (Wildman–Crippen MR) is 78.4 cm³/mol. The van der Waals surface area contributed by atoms with Crippen LogP contribution in [0, 0.1) is 0 Å². The van der Waals surface area contributed by atoms with E-state index in [1.807, 2.05) is 0 Å². The van der Waals surface area contributed by atoms with Gasteiger partial charge in [0.2, 0.25) is 0 Å². The van der Waals surface area contributed by atoms with Crippen molar-refractivity contribution in [3.8, 4) is 0 Å². The molecule has 106 valence electrons. The predicted octanol–water partition coefficient (Wildman–Crippen LogP) is 0.610. The van der Waals surface area contributed by atoms with Crippen molar-refractivity contribution in [2.24, 2.45) is 0 Å². The molecule has 0 amide bonds. The molecular formula is C16H22N2O2+2. The van der Waals surface area contributed by atoms with E-state index in [-0.39, 0.29) is 0 Å². The van der Waals surface area contributed by atoms with E-state index in [4.69, 9.17) is 9.47 Å². The second-order valence-electron chi connectivity index (χ2n) is 5.23. The summed E-state index contributed by atoms with van der Waals surface area (Å²) in [6.07, 6.45) is 4.47. The monoisotopic (exact) mass is 274 g/mol. The van der Waals surface area contributed by atoms with Crippen molar-refractivity contribution in [2.75, 3.05) is 52.6 Å². The van der Waals surface area contributed by atoms with Gasteiger partial charge in [-0.3, -0.25) is 0 Å². The van der Waals surface area contributed by atoms with Crippen LogP contribution in [0.2, 0.25) is 0 Å². The maximum Gasteiger partial charge on any atom is 0.170 e. The Kier molecular flexibility index (Phi) is 4.56. The fourth-order valence-corrected chi connectivity index (χ4v) is 2.55. The molecule has 1 aromatic rings. The van der Waals surface area contributed by atoms with E-state index in [0.717, 1.165) is 52.6 Å². The van der Waals surface area contributed by atoms with Gasteiger partial charge >= 0.3 is 0 Å². The van der Waals surface area contributed by atoms with Gasteiger partial charge in [0, 0.05) is 11.1 Å². The second-order valence-corrected chi connectivity index (χ2v) is 5.23. The van der Waals surface area contributed by atoms with Crippen LogP contribution in [0.15, 0.2) is 24.3 Å². The number of benzene rings is 1. The van der Waals surface area contributed by atoms with Crippen molar-refractivity contribution in [1.29, 1.82) is 0 Å². The van der Waals surface area contributed by atoms with Crippen LogP contribution in [0.5, 0.6) is 0 Å². The van der Waals surface area contributed by atoms with Crippen LogP contribution >= 0.6 is 0 Å². The Balaban J connectivity index is 1.75. The third kappa shape index (κ3) is 3.74. The molecule has 0 bridgehead atoms. The van der Waals surface area contributed by atoms with Crippen molar-refractivity contribution in [3.05, 3.63) is 35.4 Å². The molecule has 2 fully saturated rings. The Morgan fingerprint density at radius 3 is 1.65 bits per heavy atom. The fraction of sp³-hybridized carbons (Fsp3) is 0.500. The minimum absolute atomic E-state index is 0.829. The zero-order chi connectivity index (χ0) is 13.6. The third-order valence-corrected chi connectivity index (χ3v) is 3.67. The summed E-state index contributed by atoms with van der Waals surface area (Å²) >= 11 is 0. The molecule has 0 aliphatic carbocycles. The first-order valence-electron chi connectivity index (χ1n) is 7.33. The largest absolute Gasteiger partial charge is 0.368 e. The molecule has 0 atom stereocenters. The van der Waals surface area contributed by atoms with Crippen LogP contribution in [0.1, 0.15) is 11.1 Å². The quantitative estimate of drug-likeness (QED) is 0.738. The molecule has 3 rings (SSSR count). The maximum absolute atomic E-state index is 5.38. The highest BCUT2D eigenvalue weighted by Crippen LogP contribution is 2.02. The maximum atomic E-state index is 5.38. The van der Waals surface area contributed by atoms with Crippen LogP contribution in [0.25, 0.3) is 0 Å². The van der Waals surface area contributed by atoms with Crippen LogP contribution in [0.3, 0.4) is 0 Å². The highest BCUT2D eigenvalue weighted by Gasteiger charge is 2.12. The molecule has 1 aromatic carbocycles. The molecule has 0 spiro atoms. The van der Waals surface area contributed by atoms with Gasteiger partial charge in [-0.25, -0.2) is 9.15 Å². The van der Waals surface area contributed by atoms with Crippen LogP contribution in [0.4, 0.5) is 0 Å². The Hall–Kier alpha value is -1.52. The van der Waals surface area contributed by atoms with Gasteiger partial charge in [-0.15, -0.1) is 0 Å². The lowest BCUT2D eigenvalue weighted by Crippen LogP contribution is -2.30. The summed E-state index contributed by atoms with van der Waals surface area (Å²) < 4.78 is 15.4. The molecule has 2 aliphatic heterocycles. The summed E-state index contributed by atoms with van der Waals surface area (Å²) in [5.74, 6) is 0. The van der Waals surface area contributed by atoms with E-state index in [0.29, 0.717) is 0 Å². The standard InChI is InChI=1S/C16H22N2O2/c1-2-15(13-17-4-8-19-9-5-17)12-16(3-1)14-18-6-10-20-11-7-18/h1-3,12-14H,4-11H2/q+2.